The van der Waals surface area contributed by atoms with Gasteiger partial charge in [-0.2, -0.15) is 13.2 Å². The Morgan fingerprint density at radius 3 is 2.35 bits per heavy atom. The average molecular weight is 350 g/mol. The van der Waals surface area contributed by atoms with Gasteiger partial charge in [0.15, 0.2) is 0 Å². The largest absolute Gasteiger partial charge is 0.393 e. The van der Waals surface area contributed by atoms with E-state index in [4.69, 9.17) is 0 Å². The third-order valence-corrected chi connectivity index (χ3v) is 4.55. The summed E-state index contributed by atoms with van der Waals surface area (Å²) in [6.45, 7) is 1.92. The smallest absolute Gasteiger partial charge is 0.307 e. The Balaban J connectivity index is 2.05. The van der Waals surface area contributed by atoms with Crippen molar-refractivity contribution < 1.29 is 13.2 Å². The van der Waals surface area contributed by atoms with Crippen molar-refractivity contribution in [3.05, 3.63) is 34.3 Å². The first-order chi connectivity index (χ1) is 9.38. The Morgan fingerprint density at radius 2 is 1.75 bits per heavy atom. The van der Waals surface area contributed by atoms with Crippen molar-refractivity contribution >= 4 is 15.9 Å². The number of rotatable bonds is 3. The van der Waals surface area contributed by atoms with Crippen LogP contribution in [0, 0.1) is 5.92 Å². The van der Waals surface area contributed by atoms with Crippen molar-refractivity contribution in [2.75, 3.05) is 0 Å². The van der Waals surface area contributed by atoms with E-state index in [1.165, 1.54) is 0 Å². The summed E-state index contributed by atoms with van der Waals surface area (Å²) in [6, 6.07) is 7.16. The molecule has 1 aromatic carbocycles. The lowest BCUT2D eigenvalue weighted by Crippen LogP contribution is -2.46. The molecule has 1 N–H and O–H groups in total. The number of halogens is 4. The molecule has 1 aliphatic rings. The molecule has 0 saturated heterocycles. The fourth-order valence-corrected chi connectivity index (χ4v) is 3.16. The van der Waals surface area contributed by atoms with Crippen molar-refractivity contribution in [2.45, 2.75) is 50.9 Å². The second kappa shape index (κ2) is 6.48. The molecule has 0 spiro atoms. The monoisotopic (exact) mass is 349 g/mol. The van der Waals surface area contributed by atoms with Gasteiger partial charge >= 0.3 is 6.18 Å². The van der Waals surface area contributed by atoms with E-state index < -0.39 is 18.1 Å². The number of benzene rings is 1. The zero-order valence-electron chi connectivity index (χ0n) is 11.4. The summed E-state index contributed by atoms with van der Waals surface area (Å²) >= 11 is 3.36. The zero-order chi connectivity index (χ0) is 14.8. The van der Waals surface area contributed by atoms with Crippen molar-refractivity contribution in [3.8, 4) is 0 Å². The van der Waals surface area contributed by atoms with Crippen LogP contribution in [0.25, 0.3) is 0 Å². The molecule has 2 unspecified atom stereocenters. The van der Waals surface area contributed by atoms with E-state index in [9.17, 15) is 13.2 Å². The van der Waals surface area contributed by atoms with Crippen LogP contribution in [0.1, 0.15) is 44.2 Å². The highest BCUT2D eigenvalue weighted by Gasteiger charge is 2.45. The summed E-state index contributed by atoms with van der Waals surface area (Å²) in [4.78, 5) is 0. The molecule has 20 heavy (non-hydrogen) atoms. The Labute approximate surface area is 126 Å². The van der Waals surface area contributed by atoms with E-state index in [0.717, 1.165) is 16.5 Å². The van der Waals surface area contributed by atoms with E-state index >= 15 is 0 Å². The van der Waals surface area contributed by atoms with Crippen molar-refractivity contribution in [1.29, 1.82) is 0 Å². The van der Waals surface area contributed by atoms with Crippen molar-refractivity contribution in [1.82, 2.24) is 5.32 Å². The molecule has 1 aromatic rings. The first-order valence-electron chi connectivity index (χ1n) is 6.96. The van der Waals surface area contributed by atoms with Gasteiger partial charge in [-0.15, -0.1) is 0 Å². The third-order valence-electron chi connectivity index (χ3n) is 4.02. The Morgan fingerprint density at radius 1 is 1.15 bits per heavy atom. The molecule has 1 fully saturated rings. The second-order valence-corrected chi connectivity index (χ2v) is 6.39. The van der Waals surface area contributed by atoms with Gasteiger partial charge in [-0.1, -0.05) is 40.9 Å². The van der Waals surface area contributed by atoms with Gasteiger partial charge in [0.25, 0.3) is 0 Å². The van der Waals surface area contributed by atoms with Crippen LogP contribution in [0.3, 0.4) is 0 Å². The Hall–Kier alpha value is -0.550. The predicted molar refractivity (Wildman–Crippen MR) is 77.5 cm³/mol. The predicted octanol–water partition coefficient (Wildman–Crippen LogP) is 5.22. The lowest BCUT2D eigenvalue weighted by molar-refractivity contribution is -0.189. The first kappa shape index (κ1) is 15.8. The maximum Gasteiger partial charge on any atom is 0.393 e. The van der Waals surface area contributed by atoms with Crippen LogP contribution in [-0.4, -0.2) is 12.2 Å². The molecule has 0 amide bonds. The van der Waals surface area contributed by atoms with Crippen LogP contribution < -0.4 is 5.32 Å². The summed E-state index contributed by atoms with van der Waals surface area (Å²) < 4.78 is 40.1. The zero-order valence-corrected chi connectivity index (χ0v) is 13.0. The lowest BCUT2D eigenvalue weighted by Gasteiger charge is -2.35. The van der Waals surface area contributed by atoms with Crippen LogP contribution >= 0.6 is 15.9 Å². The highest BCUT2D eigenvalue weighted by atomic mass is 79.9. The van der Waals surface area contributed by atoms with Gasteiger partial charge in [-0.05, 0) is 37.5 Å². The molecule has 0 aromatic heterocycles. The molecule has 0 bridgehead atoms. The Bertz CT molecular complexity index is 430. The molecule has 0 aliphatic heterocycles. The average Bonchev–Trinajstić information content (AvgIpc) is 2.38. The van der Waals surface area contributed by atoms with Crippen LogP contribution in [0.15, 0.2) is 28.7 Å². The molecule has 1 nitrogen and oxygen atoms in total. The number of hydrogen-bond acceptors (Lipinski definition) is 1. The number of hydrogen-bond donors (Lipinski definition) is 1. The summed E-state index contributed by atoms with van der Waals surface area (Å²) in [5, 5.41) is 3.18. The summed E-state index contributed by atoms with van der Waals surface area (Å²) in [5.41, 5.74) is 1.01. The highest BCUT2D eigenvalue weighted by Crippen LogP contribution is 2.38. The minimum atomic E-state index is -4.10. The SMILES string of the molecule is C[C@@H](NC1CCCCC1C(F)(F)F)c1ccc(Br)cc1. The van der Waals surface area contributed by atoms with Crippen LogP contribution in [0.4, 0.5) is 13.2 Å². The molecule has 2 rings (SSSR count). The molecule has 0 heterocycles. The van der Waals surface area contributed by atoms with Gasteiger partial charge < -0.3 is 5.32 Å². The normalized spacial score (nSPS) is 25.4. The molecular formula is C15H19BrF3N. The van der Waals surface area contributed by atoms with E-state index in [1.54, 1.807) is 0 Å². The maximum atomic E-state index is 13.1. The summed E-state index contributed by atoms with van der Waals surface area (Å²) in [5.74, 6) is -1.21. The standard InChI is InChI=1S/C15H19BrF3N/c1-10(11-6-8-12(16)9-7-11)20-14-5-3-2-4-13(14)15(17,18)19/h6-10,13-14,20H,2-5H2,1H3/t10-,13?,14?/m1/s1. The van der Waals surface area contributed by atoms with Gasteiger partial charge in [-0.3, -0.25) is 0 Å². The molecule has 3 atom stereocenters. The minimum Gasteiger partial charge on any atom is -0.307 e. The van der Waals surface area contributed by atoms with E-state index in [-0.39, 0.29) is 12.5 Å². The first-order valence-corrected chi connectivity index (χ1v) is 7.75. The van der Waals surface area contributed by atoms with Gasteiger partial charge in [0.1, 0.15) is 0 Å². The van der Waals surface area contributed by atoms with Gasteiger partial charge in [0.2, 0.25) is 0 Å². The van der Waals surface area contributed by atoms with Crippen LogP contribution in [-0.2, 0) is 0 Å². The molecule has 1 aliphatic carbocycles. The van der Waals surface area contributed by atoms with E-state index in [2.05, 4.69) is 21.2 Å². The molecule has 112 valence electrons. The second-order valence-electron chi connectivity index (χ2n) is 5.48. The fourth-order valence-electron chi connectivity index (χ4n) is 2.89. The quantitative estimate of drug-likeness (QED) is 0.788. The number of nitrogens with one attached hydrogen (secondary N) is 1. The maximum absolute atomic E-state index is 13.1. The molecule has 5 heteroatoms. The number of alkyl halides is 3. The van der Waals surface area contributed by atoms with Crippen molar-refractivity contribution in [3.63, 3.8) is 0 Å². The topological polar surface area (TPSA) is 12.0 Å². The van der Waals surface area contributed by atoms with E-state index in [0.29, 0.717) is 12.8 Å². The van der Waals surface area contributed by atoms with E-state index in [1.807, 2.05) is 31.2 Å². The van der Waals surface area contributed by atoms with Gasteiger partial charge in [0, 0.05) is 16.6 Å². The van der Waals surface area contributed by atoms with Gasteiger partial charge in [0.05, 0.1) is 5.92 Å². The molecule has 1 saturated carbocycles. The van der Waals surface area contributed by atoms with Crippen molar-refractivity contribution in [2.24, 2.45) is 5.92 Å². The molecule has 0 radical (unpaired) electrons. The minimum absolute atomic E-state index is 0.0731. The van der Waals surface area contributed by atoms with Crippen LogP contribution in [0.2, 0.25) is 0 Å². The summed E-state index contributed by atoms with van der Waals surface area (Å²) in [7, 11) is 0. The third kappa shape index (κ3) is 3.98. The van der Waals surface area contributed by atoms with Gasteiger partial charge in [-0.25, -0.2) is 0 Å². The highest BCUT2D eigenvalue weighted by molar-refractivity contribution is 9.10. The lowest BCUT2D eigenvalue weighted by atomic mass is 9.83. The van der Waals surface area contributed by atoms with Crippen LogP contribution in [0.5, 0.6) is 0 Å². The summed E-state index contributed by atoms with van der Waals surface area (Å²) in [6.07, 6.45) is -1.71. The molecular weight excluding hydrogens is 331 g/mol. The fraction of sp³-hybridized carbons (Fsp3) is 0.600. The Kier molecular flexibility index (Phi) is 5.13.